The molecule has 8 nitrogen and oxygen atoms in total. The van der Waals surface area contributed by atoms with Crippen LogP contribution in [0.2, 0.25) is 0 Å². The number of fused-ring (bicyclic) bond motifs is 2. The molecule has 0 aliphatic carbocycles. The molecule has 2 aromatic heterocycles. The number of nitrogens with two attached hydrogens (primary N) is 1. The summed E-state index contributed by atoms with van der Waals surface area (Å²) in [4.78, 5) is 32.0. The Hall–Kier alpha value is -2.45. The van der Waals surface area contributed by atoms with Crippen molar-refractivity contribution in [2.75, 3.05) is 31.1 Å². The highest BCUT2D eigenvalue weighted by Gasteiger charge is 2.50. The maximum absolute atomic E-state index is 11.8. The number of carbonyl (C=O) groups is 1. The predicted molar refractivity (Wildman–Crippen MR) is 87.4 cm³/mol. The zero-order chi connectivity index (χ0) is 16.9. The van der Waals surface area contributed by atoms with Crippen LogP contribution in [-0.2, 0) is 4.74 Å². The van der Waals surface area contributed by atoms with Gasteiger partial charge >= 0.3 is 5.97 Å². The first-order valence-corrected chi connectivity index (χ1v) is 7.89. The second-order valence-corrected chi connectivity index (χ2v) is 6.41. The summed E-state index contributed by atoms with van der Waals surface area (Å²) in [7, 11) is 0. The molecule has 2 atom stereocenters. The minimum absolute atomic E-state index is 0.289. The van der Waals surface area contributed by atoms with Crippen LogP contribution < -0.4 is 16.2 Å². The van der Waals surface area contributed by atoms with Gasteiger partial charge in [0.05, 0.1) is 0 Å². The molecule has 2 aliphatic heterocycles. The lowest BCUT2D eigenvalue weighted by Crippen LogP contribution is -2.44. The molecule has 2 unspecified atom stereocenters. The Morgan fingerprint density at radius 2 is 2.38 bits per heavy atom. The van der Waals surface area contributed by atoms with Gasteiger partial charge in [-0.05, 0) is 24.6 Å². The molecule has 2 fully saturated rings. The molecule has 126 valence electrons. The summed E-state index contributed by atoms with van der Waals surface area (Å²) in [5, 5.41) is 9.61. The number of carboxylic acid groups (broad SMARTS) is 1. The van der Waals surface area contributed by atoms with Gasteiger partial charge in [0.15, 0.2) is 0 Å². The standard InChI is InChI=1S/C16H18N4O4/c17-7-16-8-20(6-10(16)3-4-24-16)12-2-1-9-5-11(15(22)23)14(21)19-13(9)18-12/h1-2,5,10H,3-4,6-8,17H2,(H,22,23)(H,18,19,21). The van der Waals surface area contributed by atoms with E-state index in [4.69, 9.17) is 15.6 Å². The van der Waals surface area contributed by atoms with Gasteiger partial charge in [-0.1, -0.05) is 0 Å². The number of anilines is 1. The summed E-state index contributed by atoms with van der Waals surface area (Å²) in [6.45, 7) is 2.70. The van der Waals surface area contributed by atoms with Gasteiger partial charge in [0.2, 0.25) is 0 Å². The van der Waals surface area contributed by atoms with Crippen molar-refractivity contribution in [2.45, 2.75) is 12.0 Å². The summed E-state index contributed by atoms with van der Waals surface area (Å²) in [5.74, 6) is -0.142. The monoisotopic (exact) mass is 330 g/mol. The van der Waals surface area contributed by atoms with E-state index in [0.29, 0.717) is 30.0 Å². The van der Waals surface area contributed by atoms with Gasteiger partial charge in [-0.25, -0.2) is 9.78 Å². The van der Waals surface area contributed by atoms with Crippen LogP contribution in [0, 0.1) is 5.92 Å². The first-order valence-electron chi connectivity index (χ1n) is 7.89. The molecule has 24 heavy (non-hydrogen) atoms. The molecule has 8 heteroatoms. The van der Waals surface area contributed by atoms with Gasteiger partial charge in [-0.15, -0.1) is 0 Å². The van der Waals surface area contributed by atoms with Crippen molar-refractivity contribution in [3.63, 3.8) is 0 Å². The molecule has 0 saturated carbocycles. The maximum atomic E-state index is 11.8. The van der Waals surface area contributed by atoms with Crippen LogP contribution in [0.4, 0.5) is 5.82 Å². The van der Waals surface area contributed by atoms with E-state index in [1.54, 1.807) is 6.07 Å². The number of H-pyrrole nitrogens is 1. The first-order chi connectivity index (χ1) is 11.5. The van der Waals surface area contributed by atoms with Crippen molar-refractivity contribution in [2.24, 2.45) is 11.7 Å². The molecule has 0 aromatic carbocycles. The quantitative estimate of drug-likeness (QED) is 0.733. The van der Waals surface area contributed by atoms with Crippen molar-refractivity contribution in [3.05, 3.63) is 34.1 Å². The fourth-order valence-electron chi connectivity index (χ4n) is 3.74. The van der Waals surface area contributed by atoms with Crippen LogP contribution in [-0.4, -0.2) is 52.9 Å². The van der Waals surface area contributed by atoms with E-state index in [-0.39, 0.29) is 11.2 Å². The predicted octanol–water partition coefficient (Wildman–Crippen LogP) is 0.175. The van der Waals surface area contributed by atoms with Crippen LogP contribution in [0.1, 0.15) is 16.8 Å². The largest absolute Gasteiger partial charge is 0.477 e. The highest BCUT2D eigenvalue weighted by atomic mass is 16.5. The fourth-order valence-corrected chi connectivity index (χ4v) is 3.74. The van der Waals surface area contributed by atoms with Crippen LogP contribution in [0.3, 0.4) is 0 Å². The molecular weight excluding hydrogens is 312 g/mol. The molecule has 0 amide bonds. The molecule has 4 rings (SSSR count). The number of carboxylic acids is 1. The molecule has 0 spiro atoms. The summed E-state index contributed by atoms with van der Waals surface area (Å²) in [6.07, 6.45) is 0.986. The minimum Gasteiger partial charge on any atom is -0.477 e. The Kier molecular flexibility index (Phi) is 3.33. The van der Waals surface area contributed by atoms with E-state index >= 15 is 0 Å². The molecule has 0 radical (unpaired) electrons. The summed E-state index contributed by atoms with van der Waals surface area (Å²) >= 11 is 0. The zero-order valence-corrected chi connectivity index (χ0v) is 13.0. The van der Waals surface area contributed by atoms with Crippen molar-refractivity contribution in [3.8, 4) is 0 Å². The van der Waals surface area contributed by atoms with Crippen LogP contribution in [0.15, 0.2) is 23.0 Å². The topological polar surface area (TPSA) is 122 Å². The SMILES string of the molecule is NCC12CN(c3ccc4cc(C(=O)O)c(=O)[nH]c4n3)CC1CCO2. The van der Waals surface area contributed by atoms with E-state index in [9.17, 15) is 9.59 Å². The maximum Gasteiger partial charge on any atom is 0.341 e. The Labute approximate surface area is 137 Å². The van der Waals surface area contributed by atoms with E-state index in [1.807, 2.05) is 6.07 Å². The third-order valence-electron chi connectivity index (χ3n) is 5.09. The number of aromatic carboxylic acids is 1. The molecule has 4 heterocycles. The van der Waals surface area contributed by atoms with E-state index < -0.39 is 11.5 Å². The number of hydrogen-bond acceptors (Lipinski definition) is 6. The first kappa shape index (κ1) is 15.1. The van der Waals surface area contributed by atoms with Gasteiger partial charge in [0, 0.05) is 37.5 Å². The highest BCUT2D eigenvalue weighted by molar-refractivity contribution is 5.91. The number of aromatic nitrogens is 2. The molecule has 4 N–H and O–H groups in total. The number of rotatable bonds is 3. The molecule has 2 saturated heterocycles. The molecule has 2 aromatic rings. The van der Waals surface area contributed by atoms with Crippen molar-refractivity contribution in [1.29, 1.82) is 0 Å². The summed E-state index contributed by atoms with van der Waals surface area (Å²) in [6, 6.07) is 4.94. The average molecular weight is 330 g/mol. The van der Waals surface area contributed by atoms with Gasteiger partial charge in [-0.3, -0.25) is 4.79 Å². The van der Waals surface area contributed by atoms with Crippen LogP contribution in [0.5, 0.6) is 0 Å². The Morgan fingerprint density at radius 3 is 3.08 bits per heavy atom. The second-order valence-electron chi connectivity index (χ2n) is 6.41. The average Bonchev–Trinajstić information content (AvgIpc) is 3.10. The molecule has 0 bridgehead atoms. The van der Waals surface area contributed by atoms with E-state index in [2.05, 4.69) is 14.9 Å². The number of ether oxygens (including phenoxy) is 1. The second kappa shape index (κ2) is 5.29. The van der Waals surface area contributed by atoms with Crippen molar-refractivity contribution >= 4 is 22.8 Å². The number of nitrogens with zero attached hydrogens (tertiary/aromatic N) is 2. The van der Waals surface area contributed by atoms with Gasteiger partial charge in [0.25, 0.3) is 5.56 Å². The number of pyridine rings is 2. The number of aromatic amines is 1. The van der Waals surface area contributed by atoms with Crippen LogP contribution >= 0.6 is 0 Å². The summed E-state index contributed by atoms with van der Waals surface area (Å²) in [5.41, 5.74) is 5.06. The Balaban J connectivity index is 1.70. The van der Waals surface area contributed by atoms with Gasteiger partial charge in [-0.2, -0.15) is 0 Å². The molecular formula is C16H18N4O4. The van der Waals surface area contributed by atoms with Crippen molar-refractivity contribution < 1.29 is 14.6 Å². The van der Waals surface area contributed by atoms with Gasteiger partial charge in [0.1, 0.15) is 22.6 Å². The van der Waals surface area contributed by atoms with E-state index in [1.165, 1.54) is 6.07 Å². The third-order valence-corrected chi connectivity index (χ3v) is 5.09. The fraction of sp³-hybridized carbons (Fsp3) is 0.438. The lowest BCUT2D eigenvalue weighted by molar-refractivity contribution is 0.0126. The number of nitrogens with one attached hydrogen (secondary N) is 1. The molecule has 2 aliphatic rings. The lowest BCUT2D eigenvalue weighted by atomic mass is 9.91. The Morgan fingerprint density at radius 1 is 1.54 bits per heavy atom. The van der Waals surface area contributed by atoms with E-state index in [0.717, 1.165) is 25.4 Å². The van der Waals surface area contributed by atoms with Crippen molar-refractivity contribution in [1.82, 2.24) is 9.97 Å². The highest BCUT2D eigenvalue weighted by Crippen LogP contribution is 2.39. The third kappa shape index (κ3) is 2.18. The zero-order valence-electron chi connectivity index (χ0n) is 13.0. The van der Waals surface area contributed by atoms with Crippen LogP contribution in [0.25, 0.3) is 11.0 Å². The minimum atomic E-state index is -1.25. The van der Waals surface area contributed by atoms with Gasteiger partial charge < -0.3 is 25.5 Å². The number of hydrogen-bond donors (Lipinski definition) is 3. The lowest BCUT2D eigenvalue weighted by Gasteiger charge is -2.26. The summed E-state index contributed by atoms with van der Waals surface area (Å²) < 4.78 is 5.90. The smallest absolute Gasteiger partial charge is 0.341 e. The Bertz CT molecular complexity index is 880. The normalized spacial score (nSPS) is 26.0.